The Kier molecular flexibility index (Phi) is 3.87. The molecule has 0 aliphatic carbocycles. The van der Waals surface area contributed by atoms with Crippen LogP contribution >= 0.6 is 0 Å². The van der Waals surface area contributed by atoms with Crippen LogP contribution in [0.15, 0.2) is 0 Å². The number of carbonyl (C=O) groups excluding carboxylic acids is 1. The molecule has 1 atom stereocenters. The maximum atomic E-state index is 13.1. The maximum absolute atomic E-state index is 13.1. The summed E-state index contributed by atoms with van der Waals surface area (Å²) in [6.07, 6.45) is 1.48. The first-order valence-corrected chi connectivity index (χ1v) is 6.45. The van der Waals surface area contributed by atoms with E-state index >= 15 is 0 Å². The summed E-state index contributed by atoms with van der Waals surface area (Å²) in [6, 6.07) is -0.206. The average molecular weight is 261 g/mol. The fourth-order valence-corrected chi connectivity index (χ4v) is 2.71. The van der Waals surface area contributed by atoms with Crippen molar-refractivity contribution in [3.8, 4) is 0 Å². The highest BCUT2D eigenvalue weighted by Crippen LogP contribution is 2.26. The Morgan fingerprint density at radius 1 is 1.33 bits per heavy atom. The fourth-order valence-electron chi connectivity index (χ4n) is 2.71. The SMILES string of the molecule is CN(C)C1CCN(C(=O)C2CC(F)(F)CN2)CC1. The molecule has 0 aromatic carbocycles. The summed E-state index contributed by atoms with van der Waals surface area (Å²) in [4.78, 5) is 16.0. The molecule has 104 valence electrons. The molecule has 2 aliphatic heterocycles. The van der Waals surface area contributed by atoms with Crippen molar-refractivity contribution < 1.29 is 13.6 Å². The Morgan fingerprint density at radius 3 is 2.39 bits per heavy atom. The number of rotatable bonds is 2. The molecule has 0 aromatic heterocycles. The van der Waals surface area contributed by atoms with E-state index in [0.717, 1.165) is 12.8 Å². The summed E-state index contributed by atoms with van der Waals surface area (Å²) in [5.41, 5.74) is 0. The van der Waals surface area contributed by atoms with Gasteiger partial charge in [0.05, 0.1) is 12.6 Å². The largest absolute Gasteiger partial charge is 0.341 e. The fraction of sp³-hybridized carbons (Fsp3) is 0.917. The highest BCUT2D eigenvalue weighted by atomic mass is 19.3. The van der Waals surface area contributed by atoms with Crippen LogP contribution in [0, 0.1) is 0 Å². The maximum Gasteiger partial charge on any atom is 0.262 e. The number of nitrogens with zero attached hydrogens (tertiary/aromatic N) is 2. The number of halogens is 2. The molecule has 1 unspecified atom stereocenters. The van der Waals surface area contributed by atoms with Gasteiger partial charge in [0.15, 0.2) is 0 Å². The predicted molar refractivity (Wildman–Crippen MR) is 64.6 cm³/mol. The summed E-state index contributed by atoms with van der Waals surface area (Å²) in [5.74, 6) is -2.90. The van der Waals surface area contributed by atoms with Gasteiger partial charge in [-0.1, -0.05) is 0 Å². The molecule has 2 heterocycles. The van der Waals surface area contributed by atoms with Crippen molar-refractivity contribution in [3.63, 3.8) is 0 Å². The van der Waals surface area contributed by atoms with E-state index in [1.54, 1.807) is 4.90 Å². The minimum atomic E-state index is -2.73. The van der Waals surface area contributed by atoms with Crippen molar-refractivity contribution in [3.05, 3.63) is 0 Å². The van der Waals surface area contributed by atoms with Crippen LogP contribution in [-0.2, 0) is 4.79 Å². The Bertz CT molecular complexity index is 314. The highest BCUT2D eigenvalue weighted by molar-refractivity contribution is 5.82. The van der Waals surface area contributed by atoms with Gasteiger partial charge in [-0.25, -0.2) is 8.78 Å². The molecule has 0 radical (unpaired) electrons. The molecule has 4 nitrogen and oxygen atoms in total. The number of alkyl halides is 2. The van der Waals surface area contributed by atoms with Gasteiger partial charge in [0.2, 0.25) is 5.91 Å². The van der Waals surface area contributed by atoms with E-state index in [9.17, 15) is 13.6 Å². The van der Waals surface area contributed by atoms with E-state index in [-0.39, 0.29) is 18.9 Å². The minimum absolute atomic E-state index is 0.163. The number of hydrogen-bond acceptors (Lipinski definition) is 3. The molecule has 1 N–H and O–H groups in total. The van der Waals surface area contributed by atoms with E-state index in [1.165, 1.54) is 0 Å². The second-order valence-corrected chi connectivity index (χ2v) is 5.51. The molecule has 0 aromatic rings. The van der Waals surface area contributed by atoms with Crippen LogP contribution in [0.2, 0.25) is 0 Å². The summed E-state index contributed by atoms with van der Waals surface area (Å²) in [6.45, 7) is 0.967. The predicted octanol–water partition coefficient (Wildman–Crippen LogP) is 0.536. The Labute approximate surface area is 106 Å². The van der Waals surface area contributed by atoms with Crippen LogP contribution < -0.4 is 5.32 Å². The van der Waals surface area contributed by atoms with Crippen molar-refractivity contribution >= 4 is 5.91 Å². The van der Waals surface area contributed by atoms with Gasteiger partial charge in [-0.15, -0.1) is 0 Å². The first kappa shape index (κ1) is 13.7. The van der Waals surface area contributed by atoms with Gasteiger partial charge in [-0.05, 0) is 26.9 Å². The first-order chi connectivity index (χ1) is 8.39. The molecule has 2 saturated heterocycles. The average Bonchev–Trinajstić information content (AvgIpc) is 2.69. The highest BCUT2D eigenvalue weighted by Gasteiger charge is 2.43. The second kappa shape index (κ2) is 5.09. The van der Waals surface area contributed by atoms with Crippen LogP contribution in [-0.4, -0.2) is 67.4 Å². The van der Waals surface area contributed by atoms with E-state index in [4.69, 9.17) is 0 Å². The summed E-state index contributed by atoms with van der Waals surface area (Å²) < 4.78 is 26.1. The van der Waals surface area contributed by atoms with Gasteiger partial charge in [-0.3, -0.25) is 10.1 Å². The normalized spacial score (nSPS) is 28.9. The molecule has 2 rings (SSSR count). The van der Waals surface area contributed by atoms with Crippen LogP contribution in [0.4, 0.5) is 8.78 Å². The van der Waals surface area contributed by atoms with Gasteiger partial charge < -0.3 is 9.80 Å². The quantitative estimate of drug-likeness (QED) is 0.788. The van der Waals surface area contributed by atoms with Crippen molar-refractivity contribution in [2.24, 2.45) is 0 Å². The van der Waals surface area contributed by atoms with Gasteiger partial charge in [0.1, 0.15) is 0 Å². The van der Waals surface area contributed by atoms with Crippen molar-refractivity contribution in [1.29, 1.82) is 0 Å². The Balaban J connectivity index is 1.85. The van der Waals surface area contributed by atoms with Crippen LogP contribution in [0.5, 0.6) is 0 Å². The first-order valence-electron chi connectivity index (χ1n) is 6.45. The lowest BCUT2D eigenvalue weighted by atomic mass is 10.0. The molecule has 0 saturated carbocycles. The summed E-state index contributed by atoms with van der Waals surface area (Å²) in [7, 11) is 4.06. The molecule has 2 aliphatic rings. The van der Waals surface area contributed by atoms with Crippen molar-refractivity contribution in [2.75, 3.05) is 33.7 Å². The number of nitrogens with one attached hydrogen (secondary N) is 1. The minimum Gasteiger partial charge on any atom is -0.341 e. The number of piperidine rings is 1. The monoisotopic (exact) mass is 261 g/mol. The van der Waals surface area contributed by atoms with Gasteiger partial charge >= 0.3 is 0 Å². The second-order valence-electron chi connectivity index (χ2n) is 5.51. The molecule has 0 spiro atoms. The Morgan fingerprint density at radius 2 is 1.94 bits per heavy atom. The van der Waals surface area contributed by atoms with Crippen molar-refractivity contribution in [1.82, 2.24) is 15.1 Å². The molecule has 0 bridgehead atoms. The lowest BCUT2D eigenvalue weighted by Crippen LogP contribution is -2.49. The third kappa shape index (κ3) is 2.98. The van der Waals surface area contributed by atoms with Crippen LogP contribution in [0.3, 0.4) is 0 Å². The number of likely N-dealkylation sites (tertiary alicyclic amines) is 1. The zero-order valence-electron chi connectivity index (χ0n) is 11.0. The molecular formula is C12H21F2N3O. The number of hydrogen-bond donors (Lipinski definition) is 1. The van der Waals surface area contributed by atoms with E-state index in [1.807, 2.05) is 14.1 Å². The molecule has 18 heavy (non-hydrogen) atoms. The van der Waals surface area contributed by atoms with Gasteiger partial charge in [0.25, 0.3) is 5.92 Å². The topological polar surface area (TPSA) is 35.6 Å². The molecular weight excluding hydrogens is 240 g/mol. The lowest BCUT2D eigenvalue weighted by molar-refractivity contribution is -0.135. The number of amides is 1. The van der Waals surface area contributed by atoms with E-state index in [0.29, 0.717) is 19.1 Å². The summed E-state index contributed by atoms with van der Waals surface area (Å²) >= 11 is 0. The van der Waals surface area contributed by atoms with Crippen molar-refractivity contribution in [2.45, 2.75) is 37.3 Å². The standard InChI is InChI=1S/C12H21F2N3O/c1-16(2)9-3-5-17(6-4-9)11(18)10-7-12(13,14)8-15-10/h9-10,15H,3-8H2,1-2H3. The Hall–Kier alpha value is -0.750. The third-order valence-electron chi connectivity index (χ3n) is 3.91. The molecule has 6 heteroatoms. The van der Waals surface area contributed by atoms with Gasteiger partial charge in [0, 0.05) is 25.6 Å². The lowest BCUT2D eigenvalue weighted by Gasteiger charge is -2.36. The van der Waals surface area contributed by atoms with Crippen LogP contribution in [0.25, 0.3) is 0 Å². The van der Waals surface area contributed by atoms with Crippen LogP contribution in [0.1, 0.15) is 19.3 Å². The third-order valence-corrected chi connectivity index (χ3v) is 3.91. The van der Waals surface area contributed by atoms with E-state index in [2.05, 4.69) is 10.2 Å². The molecule has 1 amide bonds. The summed E-state index contributed by atoms with van der Waals surface area (Å²) in [5, 5.41) is 2.63. The molecule has 2 fully saturated rings. The zero-order chi connectivity index (χ0) is 13.3. The van der Waals surface area contributed by atoms with Gasteiger partial charge in [-0.2, -0.15) is 0 Å². The number of carbonyl (C=O) groups is 1. The zero-order valence-corrected chi connectivity index (χ0v) is 11.0. The van der Waals surface area contributed by atoms with E-state index < -0.39 is 12.0 Å². The smallest absolute Gasteiger partial charge is 0.262 e.